The monoisotopic (exact) mass is 510 g/mol. The molecule has 1 aromatic heterocycles. The van der Waals surface area contributed by atoms with Gasteiger partial charge in [0.15, 0.2) is 11.5 Å². The van der Waals surface area contributed by atoms with Gasteiger partial charge in [-0.25, -0.2) is 9.78 Å². The smallest absolute Gasteiger partial charge is 0.374 e. The number of Topliss-reactive ketones (excluding diaryl/α,β-unsaturated/α-hetero) is 1. The first-order valence-corrected chi connectivity index (χ1v) is 12.2. The molecule has 2 aromatic rings. The Hall–Kier alpha value is -3.95. The Labute approximate surface area is 214 Å². The number of carbonyl (C=O) groups is 3. The molecular weight excluding hydrogens is 480 g/mol. The molecular formula is C27H30N2O8. The molecule has 0 amide bonds. The Morgan fingerprint density at radius 3 is 2.51 bits per heavy atom. The fraction of sp³-hybridized carbons (Fsp3) is 0.444. The van der Waals surface area contributed by atoms with Crippen molar-refractivity contribution in [1.82, 2.24) is 4.98 Å². The topological polar surface area (TPSA) is 134 Å². The number of benzene rings is 1. The summed E-state index contributed by atoms with van der Waals surface area (Å²) < 4.78 is 22.1. The number of aromatic nitrogens is 1. The van der Waals surface area contributed by atoms with Crippen molar-refractivity contribution in [3.05, 3.63) is 47.2 Å². The maximum Gasteiger partial charge on any atom is 0.374 e. The zero-order valence-electron chi connectivity index (χ0n) is 21.1. The Morgan fingerprint density at radius 1 is 1.05 bits per heavy atom. The quantitative estimate of drug-likeness (QED) is 0.377. The summed E-state index contributed by atoms with van der Waals surface area (Å²) in [5, 5.41) is 8.77. The van der Waals surface area contributed by atoms with Crippen LogP contribution in [0.1, 0.15) is 61.6 Å². The summed E-state index contributed by atoms with van der Waals surface area (Å²) in [6.07, 6.45) is 2.13. The zero-order valence-corrected chi connectivity index (χ0v) is 21.1. The van der Waals surface area contributed by atoms with Gasteiger partial charge in [-0.2, -0.15) is 0 Å². The first-order chi connectivity index (χ1) is 17.8. The summed E-state index contributed by atoms with van der Waals surface area (Å²) in [4.78, 5) is 44.5. The lowest BCUT2D eigenvalue weighted by atomic mass is 9.74. The second-order valence-electron chi connectivity index (χ2n) is 8.92. The molecule has 1 saturated carbocycles. The van der Waals surface area contributed by atoms with E-state index in [0.29, 0.717) is 43.2 Å². The number of hydrogen-bond donors (Lipinski definition) is 1. The van der Waals surface area contributed by atoms with Crippen LogP contribution < -0.4 is 14.2 Å². The van der Waals surface area contributed by atoms with Gasteiger partial charge in [0.1, 0.15) is 6.10 Å². The number of carbonyl (C=O) groups excluding carboxylic acids is 2. The summed E-state index contributed by atoms with van der Waals surface area (Å²) in [6.45, 7) is 2.36. The molecule has 1 aliphatic heterocycles. The average Bonchev–Trinajstić information content (AvgIpc) is 2.91. The standard InChI is InChI=1S/C27H30N2O8/c1-4-36-23-12-17-18-11-16(37-27(33)21(30)8-10-25(31)32)6-7-20(18)29-26(19(17)13-22(23)34-2)15-5-9-24(35-3)28-14-15/h5,9,12-14,16,18,20H,4,6-8,10-11H2,1-3H3,(H,31,32)/t16-,18-,20-/m1/s1. The molecule has 2 heterocycles. The number of pyridine rings is 1. The van der Waals surface area contributed by atoms with Crippen LogP contribution in [0.3, 0.4) is 0 Å². The van der Waals surface area contributed by atoms with Gasteiger partial charge in [0.25, 0.3) is 0 Å². The van der Waals surface area contributed by atoms with Crippen LogP contribution >= 0.6 is 0 Å². The molecule has 4 rings (SSSR count). The van der Waals surface area contributed by atoms with E-state index >= 15 is 0 Å². The van der Waals surface area contributed by atoms with Crippen molar-refractivity contribution >= 4 is 23.4 Å². The number of ether oxygens (including phenoxy) is 4. The number of esters is 1. The maximum absolute atomic E-state index is 12.3. The molecule has 1 N–H and O–H groups in total. The van der Waals surface area contributed by atoms with Crippen molar-refractivity contribution in [3.8, 4) is 17.4 Å². The molecule has 10 nitrogen and oxygen atoms in total. The van der Waals surface area contributed by atoms with Gasteiger partial charge in [-0.3, -0.25) is 14.6 Å². The van der Waals surface area contributed by atoms with E-state index in [1.807, 2.05) is 25.1 Å². The van der Waals surface area contributed by atoms with Crippen LogP contribution in [0.15, 0.2) is 35.5 Å². The van der Waals surface area contributed by atoms with Gasteiger partial charge in [0.2, 0.25) is 11.7 Å². The second kappa shape index (κ2) is 11.4. The number of rotatable bonds is 10. The number of ketones is 1. The van der Waals surface area contributed by atoms with Gasteiger partial charge < -0.3 is 24.1 Å². The molecule has 1 aliphatic carbocycles. The summed E-state index contributed by atoms with van der Waals surface area (Å²) in [5.41, 5.74) is 3.49. The van der Waals surface area contributed by atoms with Crippen molar-refractivity contribution in [2.75, 3.05) is 20.8 Å². The van der Waals surface area contributed by atoms with Gasteiger partial charge in [-0.15, -0.1) is 0 Å². The molecule has 196 valence electrons. The van der Waals surface area contributed by atoms with Crippen molar-refractivity contribution < 1.29 is 38.4 Å². The average molecular weight is 511 g/mol. The molecule has 3 atom stereocenters. The summed E-state index contributed by atoms with van der Waals surface area (Å²) in [7, 11) is 3.14. The molecule has 0 unspecified atom stereocenters. The number of aliphatic carboxylic acids is 1. The van der Waals surface area contributed by atoms with E-state index in [0.717, 1.165) is 22.4 Å². The van der Waals surface area contributed by atoms with Crippen molar-refractivity contribution in [3.63, 3.8) is 0 Å². The van der Waals surface area contributed by atoms with Crippen LogP contribution in [0.2, 0.25) is 0 Å². The summed E-state index contributed by atoms with van der Waals surface area (Å²) in [6, 6.07) is 7.50. The van der Waals surface area contributed by atoms with E-state index < -0.39 is 30.2 Å². The molecule has 0 bridgehead atoms. The van der Waals surface area contributed by atoms with E-state index in [9.17, 15) is 14.4 Å². The number of fused-ring (bicyclic) bond motifs is 3. The minimum atomic E-state index is -1.14. The third-order valence-corrected chi connectivity index (χ3v) is 6.64. The van der Waals surface area contributed by atoms with Crippen molar-refractivity contribution in [1.29, 1.82) is 0 Å². The molecule has 1 aromatic carbocycles. The molecule has 0 saturated heterocycles. The lowest BCUT2D eigenvalue weighted by Crippen LogP contribution is -2.37. The minimum Gasteiger partial charge on any atom is -0.493 e. The highest BCUT2D eigenvalue weighted by Gasteiger charge is 2.39. The Kier molecular flexibility index (Phi) is 8.05. The molecule has 2 aliphatic rings. The number of carboxylic acid groups (broad SMARTS) is 1. The predicted octanol–water partition coefficient (Wildman–Crippen LogP) is 3.33. The van der Waals surface area contributed by atoms with Crippen LogP contribution in [-0.4, -0.2) is 66.5 Å². The first-order valence-electron chi connectivity index (χ1n) is 12.2. The summed E-state index contributed by atoms with van der Waals surface area (Å²) >= 11 is 0. The fourth-order valence-corrected chi connectivity index (χ4v) is 4.87. The van der Waals surface area contributed by atoms with E-state index in [2.05, 4.69) is 4.98 Å². The molecule has 37 heavy (non-hydrogen) atoms. The van der Waals surface area contributed by atoms with E-state index in [4.69, 9.17) is 29.0 Å². The Morgan fingerprint density at radius 2 is 1.86 bits per heavy atom. The van der Waals surface area contributed by atoms with Crippen LogP contribution in [-0.2, 0) is 19.1 Å². The number of aliphatic imine (C=N–C) groups is 1. The third-order valence-electron chi connectivity index (χ3n) is 6.64. The molecule has 0 spiro atoms. The zero-order chi connectivity index (χ0) is 26.5. The molecule has 1 fully saturated rings. The number of methoxy groups -OCH3 is 2. The van der Waals surface area contributed by atoms with Crippen molar-refractivity contribution in [2.24, 2.45) is 4.99 Å². The lowest BCUT2D eigenvalue weighted by Gasteiger charge is -2.38. The van der Waals surface area contributed by atoms with Gasteiger partial charge in [0.05, 0.1) is 39.0 Å². The normalized spacial score (nSPS) is 20.1. The first kappa shape index (κ1) is 26.1. The fourth-order valence-electron chi connectivity index (χ4n) is 4.87. The van der Waals surface area contributed by atoms with Crippen LogP contribution in [0.5, 0.6) is 17.4 Å². The SMILES string of the molecule is CCOc1cc2c(cc1OC)C(c1ccc(OC)nc1)=N[C@@H]1CC[C@@H](OC(=O)C(=O)CCC(=O)O)C[C@H]21. The van der Waals surface area contributed by atoms with Crippen LogP contribution in [0.25, 0.3) is 0 Å². The minimum absolute atomic E-state index is 0.0647. The highest BCUT2D eigenvalue weighted by molar-refractivity contribution is 6.33. The van der Waals surface area contributed by atoms with Crippen molar-refractivity contribution in [2.45, 2.75) is 57.1 Å². The highest BCUT2D eigenvalue weighted by Crippen LogP contribution is 2.45. The highest BCUT2D eigenvalue weighted by atomic mass is 16.5. The number of nitrogens with zero attached hydrogens (tertiary/aromatic N) is 2. The molecule has 10 heteroatoms. The number of hydrogen-bond acceptors (Lipinski definition) is 9. The number of carboxylic acids is 1. The second-order valence-corrected chi connectivity index (χ2v) is 8.92. The van der Waals surface area contributed by atoms with Gasteiger partial charge in [-0.05, 0) is 49.9 Å². The lowest BCUT2D eigenvalue weighted by molar-refractivity contribution is -0.159. The van der Waals surface area contributed by atoms with E-state index in [-0.39, 0.29) is 18.4 Å². The van der Waals surface area contributed by atoms with Gasteiger partial charge >= 0.3 is 11.9 Å². The largest absolute Gasteiger partial charge is 0.493 e. The predicted molar refractivity (Wildman–Crippen MR) is 133 cm³/mol. The van der Waals surface area contributed by atoms with Crippen LogP contribution in [0, 0.1) is 0 Å². The Bertz CT molecular complexity index is 1210. The van der Waals surface area contributed by atoms with Gasteiger partial charge in [-0.1, -0.05) is 0 Å². The summed E-state index contributed by atoms with van der Waals surface area (Å²) in [5.74, 6) is -1.33. The van der Waals surface area contributed by atoms with Crippen LogP contribution in [0.4, 0.5) is 0 Å². The van der Waals surface area contributed by atoms with E-state index in [1.54, 1.807) is 26.5 Å². The molecule has 0 radical (unpaired) electrons. The maximum atomic E-state index is 12.3. The van der Waals surface area contributed by atoms with Gasteiger partial charge in [0, 0.05) is 35.7 Å². The third kappa shape index (κ3) is 5.73. The Balaban J connectivity index is 1.65. The van der Waals surface area contributed by atoms with E-state index in [1.165, 1.54) is 0 Å².